The average Bonchev–Trinajstić information content (AvgIpc) is 2.76. The zero-order valence-corrected chi connectivity index (χ0v) is 18.3. The third-order valence-corrected chi connectivity index (χ3v) is 4.65. The molecule has 0 spiro atoms. The maximum atomic E-state index is 14.4. The zero-order valence-electron chi connectivity index (χ0n) is 18.3. The molecule has 0 aromatic heterocycles. The van der Waals surface area contributed by atoms with Crippen molar-refractivity contribution < 1.29 is 49.0 Å². The highest BCUT2D eigenvalue weighted by molar-refractivity contribution is 5.47. The Morgan fingerprint density at radius 1 is 0.694 bits per heavy atom. The molecule has 3 aromatic rings. The predicted molar refractivity (Wildman–Crippen MR) is 110 cm³/mol. The molecule has 3 aromatic carbocycles. The maximum Gasteiger partial charge on any atom is 0.432 e. The SMILES string of the molecule is CCCCOc1cc(F)c(C#Cc2cc(F)c(C(F)(F)Oc3cc(F)c(F)c(F)c3)c(F)c2)c(F)c1. The number of rotatable bonds is 7. The van der Waals surface area contributed by atoms with E-state index >= 15 is 0 Å². The second-order valence-corrected chi connectivity index (χ2v) is 7.35. The maximum absolute atomic E-state index is 14.4. The largest absolute Gasteiger partial charge is 0.493 e. The van der Waals surface area contributed by atoms with E-state index in [0.717, 1.165) is 18.6 Å². The van der Waals surface area contributed by atoms with E-state index in [-0.39, 0.29) is 24.5 Å². The van der Waals surface area contributed by atoms with Crippen LogP contribution in [0.25, 0.3) is 0 Å². The number of alkyl halides is 2. The Balaban J connectivity index is 1.88. The van der Waals surface area contributed by atoms with E-state index in [1.54, 1.807) is 0 Å². The second-order valence-electron chi connectivity index (χ2n) is 7.35. The normalized spacial score (nSPS) is 11.2. The fourth-order valence-electron chi connectivity index (χ4n) is 2.94. The highest BCUT2D eigenvalue weighted by atomic mass is 19.3. The van der Waals surface area contributed by atoms with Crippen LogP contribution in [0.1, 0.15) is 36.5 Å². The zero-order chi connectivity index (χ0) is 26.6. The first-order valence-corrected chi connectivity index (χ1v) is 10.3. The summed E-state index contributed by atoms with van der Waals surface area (Å²) in [5.74, 6) is -8.93. The van der Waals surface area contributed by atoms with Gasteiger partial charge in [-0.2, -0.15) is 8.78 Å². The number of halogens is 9. The lowest BCUT2D eigenvalue weighted by molar-refractivity contribution is -0.189. The summed E-state index contributed by atoms with van der Waals surface area (Å²) in [5, 5.41) is 0. The Morgan fingerprint density at radius 2 is 1.22 bits per heavy atom. The van der Waals surface area contributed by atoms with Gasteiger partial charge >= 0.3 is 6.11 Å². The van der Waals surface area contributed by atoms with Gasteiger partial charge in [0.2, 0.25) is 0 Å². The fourth-order valence-corrected chi connectivity index (χ4v) is 2.94. The van der Waals surface area contributed by atoms with Gasteiger partial charge in [0.15, 0.2) is 17.5 Å². The lowest BCUT2D eigenvalue weighted by atomic mass is 10.1. The van der Waals surface area contributed by atoms with E-state index in [4.69, 9.17) is 4.74 Å². The minimum absolute atomic E-state index is 0.0607. The number of ether oxygens (including phenoxy) is 2. The first-order valence-electron chi connectivity index (χ1n) is 10.3. The Hall–Kier alpha value is -3.81. The van der Waals surface area contributed by atoms with Crippen LogP contribution in [0, 0.1) is 52.6 Å². The van der Waals surface area contributed by atoms with E-state index in [1.165, 1.54) is 0 Å². The fraction of sp³-hybridized carbons (Fsp3) is 0.200. The molecule has 0 unspecified atom stereocenters. The molecular formula is C25H15F9O2. The Morgan fingerprint density at radius 3 is 1.75 bits per heavy atom. The second kappa shape index (κ2) is 10.8. The van der Waals surface area contributed by atoms with E-state index < -0.39 is 69.3 Å². The van der Waals surface area contributed by atoms with Crippen LogP contribution in [0.4, 0.5) is 39.5 Å². The molecule has 0 bridgehead atoms. The van der Waals surface area contributed by atoms with Gasteiger partial charge in [-0.1, -0.05) is 25.2 Å². The van der Waals surface area contributed by atoms with Crippen LogP contribution in [0.3, 0.4) is 0 Å². The molecule has 0 aliphatic rings. The molecule has 190 valence electrons. The summed E-state index contributed by atoms with van der Waals surface area (Å²) in [6.45, 7) is 2.12. The van der Waals surface area contributed by atoms with Crippen molar-refractivity contribution in [2.45, 2.75) is 25.9 Å². The molecule has 3 rings (SSSR count). The molecule has 0 aliphatic heterocycles. The monoisotopic (exact) mass is 518 g/mol. The van der Waals surface area contributed by atoms with Crippen LogP contribution < -0.4 is 9.47 Å². The Bertz CT molecular complexity index is 1270. The quantitative estimate of drug-likeness (QED) is 0.141. The first kappa shape index (κ1) is 26.8. The number of hydrogen-bond acceptors (Lipinski definition) is 2. The van der Waals surface area contributed by atoms with E-state index in [1.807, 2.05) is 12.8 Å². The number of unbranched alkanes of at least 4 members (excludes halogenated alkanes) is 1. The Kier molecular flexibility index (Phi) is 8.07. The molecule has 2 nitrogen and oxygen atoms in total. The van der Waals surface area contributed by atoms with Crippen molar-refractivity contribution in [1.29, 1.82) is 0 Å². The van der Waals surface area contributed by atoms with E-state index in [2.05, 4.69) is 10.7 Å². The lowest BCUT2D eigenvalue weighted by Crippen LogP contribution is -2.25. The van der Waals surface area contributed by atoms with Crippen LogP contribution in [-0.2, 0) is 6.11 Å². The summed E-state index contributed by atoms with van der Waals surface area (Å²) in [6.07, 6.45) is -3.34. The summed E-state index contributed by atoms with van der Waals surface area (Å²) >= 11 is 0. The minimum Gasteiger partial charge on any atom is -0.493 e. The topological polar surface area (TPSA) is 18.5 Å². The third kappa shape index (κ3) is 6.05. The molecule has 36 heavy (non-hydrogen) atoms. The molecule has 0 amide bonds. The molecule has 0 N–H and O–H groups in total. The molecule has 0 fully saturated rings. The highest BCUT2D eigenvalue weighted by Crippen LogP contribution is 2.36. The molecule has 0 atom stereocenters. The van der Waals surface area contributed by atoms with Crippen molar-refractivity contribution in [2.24, 2.45) is 0 Å². The third-order valence-electron chi connectivity index (χ3n) is 4.65. The van der Waals surface area contributed by atoms with Crippen molar-refractivity contribution >= 4 is 0 Å². The van der Waals surface area contributed by atoms with Gasteiger partial charge in [0, 0.05) is 29.8 Å². The Labute approximate surface area is 199 Å². The number of benzene rings is 3. The summed E-state index contributed by atoms with van der Waals surface area (Å²) in [6, 6.07) is 2.54. The van der Waals surface area contributed by atoms with Crippen molar-refractivity contribution in [3.05, 3.63) is 93.8 Å². The van der Waals surface area contributed by atoms with Crippen molar-refractivity contribution in [2.75, 3.05) is 6.61 Å². The van der Waals surface area contributed by atoms with Crippen molar-refractivity contribution in [3.8, 4) is 23.3 Å². The minimum atomic E-state index is -4.79. The van der Waals surface area contributed by atoms with Gasteiger partial charge in [-0.15, -0.1) is 0 Å². The summed E-state index contributed by atoms with van der Waals surface area (Å²) in [5.41, 5.74) is -3.26. The summed E-state index contributed by atoms with van der Waals surface area (Å²) < 4.78 is 135. The molecule has 0 aliphatic carbocycles. The van der Waals surface area contributed by atoms with Gasteiger partial charge in [-0.3, -0.25) is 0 Å². The standard InChI is InChI=1S/C25H15F9O2/c1-2-3-6-35-14-9-17(26)16(18(27)10-14)5-4-13-7-19(28)23(20(29)8-13)25(33,34)36-15-11-21(30)24(32)22(31)12-15/h7-12H,2-3,6H2,1H3. The first-order chi connectivity index (χ1) is 16.9. The number of hydrogen-bond donors (Lipinski definition) is 0. The van der Waals surface area contributed by atoms with Gasteiger partial charge in [-0.05, 0) is 18.6 Å². The molecule has 0 heterocycles. The summed E-state index contributed by atoms with van der Waals surface area (Å²) in [7, 11) is 0. The van der Waals surface area contributed by atoms with Crippen LogP contribution in [0.15, 0.2) is 36.4 Å². The van der Waals surface area contributed by atoms with Crippen LogP contribution >= 0.6 is 0 Å². The van der Waals surface area contributed by atoms with Gasteiger partial charge < -0.3 is 9.47 Å². The smallest absolute Gasteiger partial charge is 0.432 e. The average molecular weight is 518 g/mol. The molecule has 0 saturated carbocycles. The molecular weight excluding hydrogens is 503 g/mol. The molecule has 0 radical (unpaired) electrons. The van der Waals surface area contributed by atoms with Gasteiger partial charge in [0.25, 0.3) is 0 Å². The molecule has 11 heteroatoms. The van der Waals surface area contributed by atoms with Crippen LogP contribution in [0.5, 0.6) is 11.5 Å². The highest BCUT2D eigenvalue weighted by Gasteiger charge is 2.41. The van der Waals surface area contributed by atoms with E-state index in [0.29, 0.717) is 18.6 Å². The molecule has 0 saturated heterocycles. The predicted octanol–water partition coefficient (Wildman–Crippen LogP) is 7.37. The van der Waals surface area contributed by atoms with Gasteiger partial charge in [0.05, 0.1) is 12.2 Å². The van der Waals surface area contributed by atoms with Gasteiger partial charge in [-0.25, -0.2) is 30.7 Å². The van der Waals surface area contributed by atoms with Crippen LogP contribution in [-0.4, -0.2) is 6.61 Å². The van der Waals surface area contributed by atoms with Crippen molar-refractivity contribution in [3.63, 3.8) is 0 Å². The summed E-state index contributed by atoms with van der Waals surface area (Å²) in [4.78, 5) is 0. The lowest BCUT2D eigenvalue weighted by Gasteiger charge is -2.19. The van der Waals surface area contributed by atoms with Crippen molar-refractivity contribution in [1.82, 2.24) is 0 Å². The van der Waals surface area contributed by atoms with E-state index in [9.17, 15) is 39.5 Å². The van der Waals surface area contributed by atoms with Crippen LogP contribution in [0.2, 0.25) is 0 Å². The van der Waals surface area contributed by atoms with Gasteiger partial charge in [0.1, 0.15) is 40.3 Å².